The summed E-state index contributed by atoms with van der Waals surface area (Å²) in [4.78, 5) is 30.3. The van der Waals surface area contributed by atoms with Gasteiger partial charge in [0.25, 0.3) is 0 Å². The van der Waals surface area contributed by atoms with Crippen LogP contribution in [0.2, 0.25) is 0 Å². The molecule has 2 aromatic carbocycles. The van der Waals surface area contributed by atoms with Gasteiger partial charge in [-0.1, -0.05) is 24.3 Å². The van der Waals surface area contributed by atoms with Gasteiger partial charge in [0, 0.05) is 25.2 Å². The average Bonchev–Trinajstić information content (AvgIpc) is 3.26. The third-order valence-corrected chi connectivity index (χ3v) is 5.50. The zero-order valence-corrected chi connectivity index (χ0v) is 15.6. The van der Waals surface area contributed by atoms with Crippen LogP contribution in [0.1, 0.15) is 23.4 Å². The highest BCUT2D eigenvalue weighted by atomic mass is 32.1. The van der Waals surface area contributed by atoms with E-state index in [1.165, 1.54) is 0 Å². The molecule has 0 saturated carbocycles. The number of likely N-dealkylation sites (tertiary alicyclic amines) is 1. The van der Waals surface area contributed by atoms with E-state index in [9.17, 15) is 9.59 Å². The summed E-state index contributed by atoms with van der Waals surface area (Å²) < 4.78 is 1.11. The van der Waals surface area contributed by atoms with Gasteiger partial charge in [-0.05, 0) is 36.2 Å². The number of hydrogen-bond acceptors (Lipinski definition) is 4. The van der Waals surface area contributed by atoms with Crippen LogP contribution in [-0.2, 0) is 17.9 Å². The van der Waals surface area contributed by atoms with Crippen molar-refractivity contribution in [2.24, 2.45) is 0 Å². The Hall–Kier alpha value is -2.93. The molecule has 0 aliphatic carbocycles. The van der Waals surface area contributed by atoms with Crippen LogP contribution in [0.5, 0.6) is 0 Å². The number of aromatic nitrogens is 1. The van der Waals surface area contributed by atoms with Crippen molar-refractivity contribution in [2.45, 2.75) is 25.9 Å². The minimum absolute atomic E-state index is 0.196. The van der Waals surface area contributed by atoms with Crippen molar-refractivity contribution in [2.75, 3.05) is 11.9 Å². The monoisotopic (exact) mass is 380 g/mol. The predicted molar refractivity (Wildman–Crippen MR) is 107 cm³/mol. The van der Waals surface area contributed by atoms with Crippen LogP contribution in [0.15, 0.2) is 48.5 Å². The summed E-state index contributed by atoms with van der Waals surface area (Å²) in [6.45, 7) is 1.77. The maximum atomic E-state index is 12.2. The normalized spacial score (nSPS) is 13.9. The van der Waals surface area contributed by atoms with Crippen LogP contribution in [0.4, 0.5) is 10.5 Å². The highest BCUT2D eigenvalue weighted by molar-refractivity contribution is 7.18. The van der Waals surface area contributed by atoms with E-state index in [1.54, 1.807) is 11.3 Å². The standard InChI is InChI=1S/C20H20N4O2S/c25-19-9-4-10-24(19)13-14-5-3-6-15(11-14)22-20(26)21-12-18-23-16-7-1-2-8-17(16)27-18/h1-3,5-8,11H,4,9-10,12-13H2,(H2,21,22,26). The molecule has 3 amide bonds. The number of fused-ring (bicyclic) bond motifs is 1. The minimum atomic E-state index is -0.274. The van der Waals surface area contributed by atoms with Crippen molar-refractivity contribution < 1.29 is 9.59 Å². The lowest BCUT2D eigenvalue weighted by molar-refractivity contribution is -0.128. The molecular weight excluding hydrogens is 360 g/mol. The van der Waals surface area contributed by atoms with E-state index >= 15 is 0 Å². The number of carbonyl (C=O) groups excluding carboxylic acids is 2. The van der Waals surface area contributed by atoms with Crippen molar-refractivity contribution in [3.05, 3.63) is 59.1 Å². The molecular formula is C20H20N4O2S. The first-order valence-corrected chi connectivity index (χ1v) is 9.75. The Labute approximate surface area is 161 Å². The van der Waals surface area contributed by atoms with Crippen LogP contribution in [-0.4, -0.2) is 28.4 Å². The molecule has 3 aromatic rings. The molecule has 7 heteroatoms. The summed E-state index contributed by atoms with van der Waals surface area (Å²) in [5.74, 6) is 0.196. The summed E-state index contributed by atoms with van der Waals surface area (Å²) in [5.41, 5.74) is 2.67. The van der Waals surface area contributed by atoms with E-state index in [2.05, 4.69) is 15.6 Å². The number of carbonyl (C=O) groups is 2. The van der Waals surface area contributed by atoms with E-state index < -0.39 is 0 Å². The fraction of sp³-hybridized carbons (Fsp3) is 0.250. The quantitative estimate of drug-likeness (QED) is 0.708. The minimum Gasteiger partial charge on any atom is -0.338 e. The van der Waals surface area contributed by atoms with Crippen LogP contribution < -0.4 is 10.6 Å². The molecule has 1 aliphatic rings. The molecule has 0 bridgehead atoms. The van der Waals surface area contributed by atoms with Gasteiger partial charge >= 0.3 is 6.03 Å². The molecule has 1 aromatic heterocycles. The number of urea groups is 1. The molecule has 2 N–H and O–H groups in total. The average molecular weight is 380 g/mol. The first-order chi connectivity index (χ1) is 13.2. The maximum Gasteiger partial charge on any atom is 0.319 e. The number of rotatable bonds is 5. The van der Waals surface area contributed by atoms with Crippen molar-refractivity contribution >= 4 is 39.2 Å². The number of amides is 3. The van der Waals surface area contributed by atoms with E-state index in [-0.39, 0.29) is 11.9 Å². The SMILES string of the molecule is O=C(NCc1nc2ccccc2s1)Nc1cccc(CN2CCCC2=O)c1. The third kappa shape index (κ3) is 4.25. The number of thiazole rings is 1. The Morgan fingerprint density at radius 1 is 1.19 bits per heavy atom. The van der Waals surface area contributed by atoms with E-state index in [4.69, 9.17) is 0 Å². The van der Waals surface area contributed by atoms with E-state index in [1.807, 2.05) is 53.4 Å². The number of para-hydroxylation sites is 1. The lowest BCUT2D eigenvalue weighted by Crippen LogP contribution is -2.28. The molecule has 0 unspecified atom stereocenters. The summed E-state index contributed by atoms with van der Waals surface area (Å²) in [6.07, 6.45) is 1.55. The summed E-state index contributed by atoms with van der Waals surface area (Å²) in [5, 5.41) is 6.56. The van der Waals surface area contributed by atoms with Gasteiger partial charge in [-0.3, -0.25) is 4.79 Å². The number of nitrogens with zero attached hydrogens (tertiary/aromatic N) is 2. The molecule has 2 heterocycles. The van der Waals surface area contributed by atoms with E-state index in [0.29, 0.717) is 25.2 Å². The predicted octanol–water partition coefficient (Wildman–Crippen LogP) is 3.74. The van der Waals surface area contributed by atoms with Crippen LogP contribution in [0.25, 0.3) is 10.2 Å². The fourth-order valence-electron chi connectivity index (χ4n) is 3.17. The molecule has 0 spiro atoms. The number of hydrogen-bond donors (Lipinski definition) is 2. The second kappa shape index (κ2) is 7.75. The summed E-state index contributed by atoms with van der Waals surface area (Å²) in [6, 6.07) is 15.2. The Bertz CT molecular complexity index is 952. The van der Waals surface area contributed by atoms with E-state index in [0.717, 1.165) is 33.8 Å². The van der Waals surface area contributed by atoms with Gasteiger partial charge in [-0.15, -0.1) is 11.3 Å². The molecule has 1 aliphatic heterocycles. The lowest BCUT2D eigenvalue weighted by atomic mass is 10.2. The number of benzene rings is 2. The van der Waals surface area contributed by atoms with Gasteiger partial charge in [0.1, 0.15) is 5.01 Å². The van der Waals surface area contributed by atoms with Crippen molar-refractivity contribution in [3.63, 3.8) is 0 Å². The number of anilines is 1. The van der Waals surface area contributed by atoms with Crippen LogP contribution in [0.3, 0.4) is 0 Å². The van der Waals surface area contributed by atoms with Crippen molar-refractivity contribution in [1.29, 1.82) is 0 Å². The molecule has 1 saturated heterocycles. The van der Waals surface area contributed by atoms with Gasteiger partial charge in [0.05, 0.1) is 16.8 Å². The van der Waals surface area contributed by atoms with Gasteiger partial charge in [-0.2, -0.15) is 0 Å². The second-order valence-corrected chi connectivity index (χ2v) is 7.62. The largest absolute Gasteiger partial charge is 0.338 e. The maximum absolute atomic E-state index is 12.2. The van der Waals surface area contributed by atoms with Crippen LogP contribution >= 0.6 is 11.3 Å². The fourth-order valence-corrected chi connectivity index (χ4v) is 4.07. The van der Waals surface area contributed by atoms with Gasteiger partial charge in [-0.25, -0.2) is 9.78 Å². The topological polar surface area (TPSA) is 74.3 Å². The Kier molecular flexibility index (Phi) is 5.02. The second-order valence-electron chi connectivity index (χ2n) is 6.50. The zero-order chi connectivity index (χ0) is 18.6. The zero-order valence-electron chi connectivity index (χ0n) is 14.8. The Morgan fingerprint density at radius 2 is 2.07 bits per heavy atom. The third-order valence-electron chi connectivity index (χ3n) is 4.47. The molecule has 6 nitrogen and oxygen atoms in total. The summed E-state index contributed by atoms with van der Waals surface area (Å²) >= 11 is 1.57. The van der Waals surface area contributed by atoms with Gasteiger partial charge in [0.15, 0.2) is 0 Å². The molecule has 27 heavy (non-hydrogen) atoms. The van der Waals surface area contributed by atoms with Gasteiger partial charge < -0.3 is 15.5 Å². The first-order valence-electron chi connectivity index (χ1n) is 8.93. The van der Waals surface area contributed by atoms with Crippen molar-refractivity contribution in [3.8, 4) is 0 Å². The first kappa shape index (κ1) is 17.5. The molecule has 1 fully saturated rings. The molecule has 138 valence electrons. The Balaban J connectivity index is 1.33. The summed E-state index contributed by atoms with van der Waals surface area (Å²) in [7, 11) is 0. The molecule has 0 radical (unpaired) electrons. The van der Waals surface area contributed by atoms with Gasteiger partial charge in [0.2, 0.25) is 5.91 Å². The highest BCUT2D eigenvalue weighted by Gasteiger charge is 2.20. The lowest BCUT2D eigenvalue weighted by Gasteiger charge is -2.16. The number of nitrogens with one attached hydrogen (secondary N) is 2. The molecule has 4 rings (SSSR count). The van der Waals surface area contributed by atoms with Crippen LogP contribution in [0, 0.1) is 0 Å². The van der Waals surface area contributed by atoms with Crippen molar-refractivity contribution in [1.82, 2.24) is 15.2 Å². The highest BCUT2D eigenvalue weighted by Crippen LogP contribution is 2.21. The molecule has 0 atom stereocenters. The smallest absolute Gasteiger partial charge is 0.319 e. The Morgan fingerprint density at radius 3 is 2.89 bits per heavy atom.